The largest absolute Gasteiger partial charge is 0.494 e. The standard InChI is InChI=1S/C25H21FN4O4/c1-34-22-9-6-17(12-19(22)26)20(13-23(31)32)30-25(33)21-11-15(14-28-21)4-7-18-8-5-16-3-2-10-27-24(16)29-18/h2-12,14,20,28H,13H2,1H3,(H,30,33)(H,31,32)/b7-4+/t20-/m0/s1. The molecule has 0 unspecified atom stereocenters. The van der Waals surface area contributed by atoms with E-state index in [2.05, 4.69) is 20.3 Å². The minimum atomic E-state index is -1.13. The van der Waals surface area contributed by atoms with E-state index in [1.807, 2.05) is 24.3 Å². The van der Waals surface area contributed by atoms with Crippen molar-refractivity contribution in [2.24, 2.45) is 0 Å². The number of hydrogen-bond donors (Lipinski definition) is 3. The Morgan fingerprint density at radius 3 is 2.82 bits per heavy atom. The van der Waals surface area contributed by atoms with Gasteiger partial charge >= 0.3 is 5.97 Å². The lowest BCUT2D eigenvalue weighted by atomic mass is 10.0. The lowest BCUT2D eigenvalue weighted by molar-refractivity contribution is -0.137. The number of carboxylic acids is 1. The summed E-state index contributed by atoms with van der Waals surface area (Å²) in [5.41, 5.74) is 2.62. The number of aliphatic carboxylic acids is 1. The average molecular weight is 460 g/mol. The van der Waals surface area contributed by atoms with Crippen molar-refractivity contribution in [1.29, 1.82) is 0 Å². The van der Waals surface area contributed by atoms with Gasteiger partial charge in [0.25, 0.3) is 5.91 Å². The van der Waals surface area contributed by atoms with E-state index in [4.69, 9.17) is 4.74 Å². The van der Waals surface area contributed by atoms with E-state index in [0.717, 1.165) is 17.0 Å². The molecule has 3 N–H and O–H groups in total. The maximum absolute atomic E-state index is 14.1. The van der Waals surface area contributed by atoms with Gasteiger partial charge < -0.3 is 20.1 Å². The molecule has 9 heteroatoms. The molecule has 0 aliphatic rings. The molecule has 0 bridgehead atoms. The number of pyridine rings is 2. The summed E-state index contributed by atoms with van der Waals surface area (Å²) >= 11 is 0. The molecule has 3 aromatic heterocycles. The van der Waals surface area contributed by atoms with Crippen molar-refractivity contribution in [2.75, 3.05) is 7.11 Å². The van der Waals surface area contributed by atoms with E-state index in [1.165, 1.54) is 19.2 Å². The molecule has 1 aromatic carbocycles. The highest BCUT2D eigenvalue weighted by molar-refractivity contribution is 5.94. The summed E-state index contributed by atoms with van der Waals surface area (Å²) in [5, 5.41) is 12.8. The van der Waals surface area contributed by atoms with Crippen molar-refractivity contribution >= 4 is 35.1 Å². The second-order valence-corrected chi connectivity index (χ2v) is 7.48. The zero-order valence-electron chi connectivity index (χ0n) is 18.2. The van der Waals surface area contributed by atoms with Gasteiger partial charge in [-0.15, -0.1) is 0 Å². The molecule has 0 fully saturated rings. The minimum absolute atomic E-state index is 0.0293. The number of nitrogens with zero attached hydrogens (tertiary/aromatic N) is 2. The van der Waals surface area contributed by atoms with Crippen molar-refractivity contribution < 1.29 is 23.8 Å². The number of aromatic amines is 1. The topological polar surface area (TPSA) is 117 Å². The van der Waals surface area contributed by atoms with Crippen LogP contribution in [0.1, 0.15) is 39.8 Å². The maximum atomic E-state index is 14.1. The first-order valence-corrected chi connectivity index (χ1v) is 10.4. The first kappa shape index (κ1) is 22.7. The van der Waals surface area contributed by atoms with Gasteiger partial charge in [-0.05, 0) is 59.7 Å². The lowest BCUT2D eigenvalue weighted by Crippen LogP contribution is -2.30. The van der Waals surface area contributed by atoms with Crippen LogP contribution in [0.3, 0.4) is 0 Å². The van der Waals surface area contributed by atoms with Crippen LogP contribution >= 0.6 is 0 Å². The smallest absolute Gasteiger partial charge is 0.305 e. The summed E-state index contributed by atoms with van der Waals surface area (Å²) in [7, 11) is 1.33. The molecule has 34 heavy (non-hydrogen) atoms. The lowest BCUT2D eigenvalue weighted by Gasteiger charge is -2.17. The van der Waals surface area contributed by atoms with E-state index < -0.39 is 30.2 Å². The fourth-order valence-electron chi connectivity index (χ4n) is 3.44. The number of halogens is 1. The average Bonchev–Trinajstić information content (AvgIpc) is 3.31. The maximum Gasteiger partial charge on any atom is 0.305 e. The van der Waals surface area contributed by atoms with Crippen molar-refractivity contribution in [2.45, 2.75) is 12.5 Å². The highest BCUT2D eigenvalue weighted by Crippen LogP contribution is 2.24. The number of carbonyl (C=O) groups excluding carboxylic acids is 1. The number of rotatable bonds is 8. The second-order valence-electron chi connectivity index (χ2n) is 7.48. The highest BCUT2D eigenvalue weighted by atomic mass is 19.1. The Labute approximate surface area is 194 Å². The Balaban J connectivity index is 1.48. The Bertz CT molecular complexity index is 1380. The highest BCUT2D eigenvalue weighted by Gasteiger charge is 2.21. The number of aromatic nitrogens is 3. The molecule has 0 aliphatic carbocycles. The zero-order valence-corrected chi connectivity index (χ0v) is 18.2. The molecule has 0 aliphatic heterocycles. The second kappa shape index (κ2) is 9.95. The Morgan fingerprint density at radius 1 is 1.21 bits per heavy atom. The number of ether oxygens (including phenoxy) is 1. The number of hydrogen-bond acceptors (Lipinski definition) is 5. The van der Waals surface area contributed by atoms with E-state index in [-0.39, 0.29) is 11.4 Å². The molecular weight excluding hydrogens is 439 g/mol. The van der Waals surface area contributed by atoms with Crippen molar-refractivity contribution in [3.8, 4) is 5.75 Å². The molecule has 172 valence electrons. The van der Waals surface area contributed by atoms with Gasteiger partial charge in [-0.1, -0.05) is 12.1 Å². The number of carboxylic acid groups (broad SMARTS) is 1. The molecule has 3 heterocycles. The van der Waals surface area contributed by atoms with Crippen molar-refractivity contribution in [1.82, 2.24) is 20.3 Å². The molecule has 4 aromatic rings. The summed E-state index contributed by atoms with van der Waals surface area (Å²) in [5.74, 6) is -2.26. The van der Waals surface area contributed by atoms with Gasteiger partial charge in [0.2, 0.25) is 0 Å². The summed E-state index contributed by atoms with van der Waals surface area (Å²) in [4.78, 5) is 35.7. The van der Waals surface area contributed by atoms with Crippen LogP contribution in [0.2, 0.25) is 0 Å². The number of carbonyl (C=O) groups is 2. The number of amides is 1. The summed E-state index contributed by atoms with van der Waals surface area (Å²) in [6, 6.07) is 12.3. The van der Waals surface area contributed by atoms with Crippen LogP contribution in [0.25, 0.3) is 23.2 Å². The van der Waals surface area contributed by atoms with Crippen LogP contribution in [-0.4, -0.2) is 39.0 Å². The van der Waals surface area contributed by atoms with Crippen LogP contribution in [0, 0.1) is 5.82 Å². The third-order valence-electron chi connectivity index (χ3n) is 5.14. The molecule has 0 spiro atoms. The fraction of sp³-hybridized carbons (Fsp3) is 0.120. The van der Waals surface area contributed by atoms with E-state index in [9.17, 15) is 19.1 Å². The van der Waals surface area contributed by atoms with Gasteiger partial charge in [-0.2, -0.15) is 0 Å². The van der Waals surface area contributed by atoms with E-state index >= 15 is 0 Å². The Morgan fingerprint density at radius 2 is 2.06 bits per heavy atom. The molecule has 1 amide bonds. The van der Waals surface area contributed by atoms with Crippen LogP contribution in [-0.2, 0) is 4.79 Å². The number of methoxy groups -OCH3 is 1. The quantitative estimate of drug-likeness (QED) is 0.362. The monoisotopic (exact) mass is 460 g/mol. The molecule has 0 saturated heterocycles. The van der Waals surface area contributed by atoms with E-state index in [1.54, 1.807) is 30.6 Å². The van der Waals surface area contributed by atoms with Crippen LogP contribution in [0.4, 0.5) is 4.39 Å². The third-order valence-corrected chi connectivity index (χ3v) is 5.14. The first-order chi connectivity index (χ1) is 16.4. The summed E-state index contributed by atoms with van der Waals surface area (Å²) < 4.78 is 19.0. The molecule has 4 rings (SSSR count). The molecule has 1 atom stereocenters. The van der Waals surface area contributed by atoms with Gasteiger partial charge in [0.05, 0.1) is 25.3 Å². The fourth-order valence-corrected chi connectivity index (χ4v) is 3.44. The van der Waals surface area contributed by atoms with Crippen LogP contribution < -0.4 is 10.1 Å². The number of H-pyrrole nitrogens is 1. The normalized spacial score (nSPS) is 12.1. The van der Waals surface area contributed by atoms with Gasteiger partial charge in [-0.3, -0.25) is 9.59 Å². The van der Waals surface area contributed by atoms with E-state index in [0.29, 0.717) is 16.9 Å². The molecule has 0 saturated carbocycles. The molecular formula is C25H21FN4O4. The predicted molar refractivity (Wildman–Crippen MR) is 125 cm³/mol. The Hall–Kier alpha value is -4.53. The minimum Gasteiger partial charge on any atom is -0.494 e. The van der Waals surface area contributed by atoms with Crippen molar-refractivity contribution in [3.63, 3.8) is 0 Å². The number of fused-ring (bicyclic) bond motifs is 1. The van der Waals surface area contributed by atoms with Crippen LogP contribution in [0.5, 0.6) is 5.75 Å². The van der Waals surface area contributed by atoms with Gasteiger partial charge in [0.1, 0.15) is 5.69 Å². The Kier molecular flexibility index (Phi) is 6.63. The summed E-state index contributed by atoms with van der Waals surface area (Å²) in [6.07, 6.45) is 6.50. The van der Waals surface area contributed by atoms with Gasteiger partial charge in [0, 0.05) is 17.8 Å². The van der Waals surface area contributed by atoms with Gasteiger partial charge in [0.15, 0.2) is 17.2 Å². The third kappa shape index (κ3) is 5.26. The molecule has 8 nitrogen and oxygen atoms in total. The number of benzene rings is 1. The summed E-state index contributed by atoms with van der Waals surface area (Å²) in [6.45, 7) is 0. The van der Waals surface area contributed by atoms with Gasteiger partial charge in [-0.25, -0.2) is 14.4 Å². The first-order valence-electron chi connectivity index (χ1n) is 10.4. The van der Waals surface area contributed by atoms with Crippen molar-refractivity contribution in [3.05, 3.63) is 89.3 Å². The number of nitrogens with one attached hydrogen (secondary N) is 2. The SMILES string of the molecule is COc1ccc([C@H](CC(=O)O)NC(=O)c2cc(/C=C/c3ccc4cccnc4n3)c[nH]2)cc1F. The zero-order chi connectivity index (χ0) is 24.1. The predicted octanol–water partition coefficient (Wildman–Crippen LogP) is 4.22. The molecule has 0 radical (unpaired) electrons. The van der Waals surface area contributed by atoms with Crippen LogP contribution in [0.15, 0.2) is 60.9 Å².